The van der Waals surface area contributed by atoms with Gasteiger partial charge in [-0.25, -0.2) is 0 Å². The summed E-state index contributed by atoms with van der Waals surface area (Å²) in [5.74, 6) is -0.268. The zero-order chi connectivity index (χ0) is 64.7. The number of allylic oxidation sites excluding steroid dienone is 20. The van der Waals surface area contributed by atoms with Gasteiger partial charge in [-0.15, -0.1) is 0 Å². The first-order valence-corrected chi connectivity index (χ1v) is 33.3. The quantitative estimate of drug-likeness (QED) is 0.0203. The molecule has 3 fully saturated rings. The van der Waals surface area contributed by atoms with Crippen molar-refractivity contribution in [2.75, 3.05) is 26.4 Å². The molecule has 12 N–H and O–H groups in total. The molecule has 0 radical (unpaired) electrons. The van der Waals surface area contributed by atoms with Crippen molar-refractivity contribution < 1.29 is 89.4 Å². The highest BCUT2D eigenvalue weighted by Crippen LogP contribution is 2.33. The summed E-state index contributed by atoms with van der Waals surface area (Å²) in [5.41, 5.74) is 0. The first kappa shape index (κ1) is 79.4. The summed E-state index contributed by atoms with van der Waals surface area (Å²) >= 11 is 0. The lowest BCUT2D eigenvalue weighted by Gasteiger charge is -2.48. The van der Waals surface area contributed by atoms with Crippen LogP contribution in [0.1, 0.15) is 181 Å². The zero-order valence-corrected chi connectivity index (χ0v) is 53.4. The minimum Gasteiger partial charge on any atom is -0.394 e. The highest BCUT2D eigenvalue weighted by molar-refractivity contribution is 5.76. The Labute approximate surface area is 531 Å². The fourth-order valence-corrected chi connectivity index (χ4v) is 10.4. The zero-order valence-electron chi connectivity index (χ0n) is 53.4. The Bertz CT molecular complexity index is 2090. The molecule has 3 rings (SSSR count). The maximum absolute atomic E-state index is 13.3. The highest BCUT2D eigenvalue weighted by atomic mass is 16.8. The molecule has 3 aliphatic rings. The van der Waals surface area contributed by atoms with Crippen LogP contribution in [0.15, 0.2) is 122 Å². The van der Waals surface area contributed by atoms with E-state index in [0.29, 0.717) is 19.3 Å². The fraction of sp³-hybridized carbons (Fsp3) is 0.700. The molecular formula is C70H115NO18. The molecule has 0 aromatic rings. The smallest absolute Gasteiger partial charge is 0.220 e. The molecule has 0 aromatic carbocycles. The van der Waals surface area contributed by atoms with Gasteiger partial charge in [0, 0.05) is 6.42 Å². The normalized spacial score (nSPS) is 29.0. The van der Waals surface area contributed by atoms with Gasteiger partial charge in [0.2, 0.25) is 5.91 Å². The first-order valence-electron chi connectivity index (χ1n) is 33.3. The predicted octanol–water partition coefficient (Wildman–Crippen LogP) is 8.04. The predicted molar refractivity (Wildman–Crippen MR) is 346 cm³/mol. The van der Waals surface area contributed by atoms with Crippen LogP contribution < -0.4 is 5.32 Å². The SMILES string of the molecule is CC/C=C\C/C=C\C/C=C\C/C=C\C/C=C\C/C=C\C/C=C\C/C=C\C/C=C\C/C=C\CCCCCCCCC(=O)NC(COC1OC(CO)C(OC2OC(CO)C(OC3OC(CO)C(O)C(O)C3O)C(O)C2O)C(O)C1O)C(O)CCCCCCCCC. The van der Waals surface area contributed by atoms with Gasteiger partial charge in [0.15, 0.2) is 18.9 Å². The molecule has 3 aliphatic heterocycles. The van der Waals surface area contributed by atoms with Crippen LogP contribution in [0.4, 0.5) is 0 Å². The topological polar surface area (TPSA) is 307 Å². The molecule has 0 aromatic heterocycles. The van der Waals surface area contributed by atoms with Crippen LogP contribution in [0.3, 0.4) is 0 Å². The maximum atomic E-state index is 13.3. The molecule has 19 heteroatoms. The van der Waals surface area contributed by atoms with Gasteiger partial charge >= 0.3 is 0 Å². The molecule has 0 bridgehead atoms. The number of ether oxygens (including phenoxy) is 6. The third-order valence-electron chi connectivity index (χ3n) is 15.8. The number of hydrogen-bond acceptors (Lipinski definition) is 18. The molecule has 3 heterocycles. The number of rotatable bonds is 48. The Kier molecular flexibility index (Phi) is 45.3. The van der Waals surface area contributed by atoms with Gasteiger partial charge in [0.25, 0.3) is 0 Å². The lowest BCUT2D eigenvalue weighted by Crippen LogP contribution is -2.66. The van der Waals surface area contributed by atoms with Crippen molar-refractivity contribution in [2.45, 2.75) is 285 Å². The minimum atomic E-state index is -1.98. The summed E-state index contributed by atoms with van der Waals surface area (Å²) in [5, 5.41) is 120. The van der Waals surface area contributed by atoms with E-state index < -0.39 is 124 Å². The number of aliphatic hydroxyl groups excluding tert-OH is 11. The Morgan fingerprint density at radius 1 is 0.416 bits per heavy atom. The van der Waals surface area contributed by atoms with Gasteiger partial charge in [0.1, 0.15) is 73.2 Å². The van der Waals surface area contributed by atoms with Crippen LogP contribution in [0.25, 0.3) is 0 Å². The summed E-state index contributed by atoms with van der Waals surface area (Å²) in [6.45, 7) is 1.57. The van der Waals surface area contributed by atoms with E-state index >= 15 is 0 Å². The number of nitrogens with one attached hydrogen (secondary N) is 1. The van der Waals surface area contributed by atoms with Crippen molar-refractivity contribution in [3.8, 4) is 0 Å². The summed E-state index contributed by atoms with van der Waals surface area (Å²) in [4.78, 5) is 13.3. The van der Waals surface area contributed by atoms with Crippen molar-refractivity contribution in [2.24, 2.45) is 0 Å². The molecule has 0 saturated carbocycles. The molecule has 17 atom stereocenters. The first-order chi connectivity index (χ1) is 43.3. The van der Waals surface area contributed by atoms with Crippen molar-refractivity contribution >= 4 is 5.91 Å². The Morgan fingerprint density at radius 2 is 0.775 bits per heavy atom. The second-order valence-corrected chi connectivity index (χ2v) is 23.2. The van der Waals surface area contributed by atoms with E-state index in [4.69, 9.17) is 28.4 Å². The van der Waals surface area contributed by atoms with Crippen LogP contribution >= 0.6 is 0 Å². The van der Waals surface area contributed by atoms with Gasteiger partial charge in [0.05, 0.1) is 38.6 Å². The summed E-state index contributed by atoms with van der Waals surface area (Å²) in [6.07, 6.45) is 41.9. The molecule has 19 nitrogen and oxygen atoms in total. The Morgan fingerprint density at radius 3 is 1.21 bits per heavy atom. The standard InChI is InChI=1S/C70H115NO18/c1-3-5-7-9-11-12-13-14-15-16-17-18-19-20-21-22-23-24-25-26-27-28-29-30-31-32-33-34-35-36-37-38-39-40-42-44-46-48-58(76)71-53(54(75)47-45-43-41-10-8-6-4-2)52-84-68-64(82)61(79)66(56(50-73)86-68)89-70-65(83)62(80)67(57(51-74)87-70)88-69-63(81)60(78)59(77)55(49-72)85-69/h5,7,11-12,14-15,17-18,20-21,23-24,26-27,29-30,32-33,35-36,53-57,59-70,72-75,77-83H,3-4,6,8-10,13,16,19,22,25,28,31,34,37-52H2,1-2H3,(H,71,76)/b7-5-,12-11-,15-14-,18-17-,21-20-,24-23-,27-26-,30-29-,33-32-,36-35-. The maximum Gasteiger partial charge on any atom is 0.220 e. The number of amides is 1. The van der Waals surface area contributed by atoms with E-state index in [1.165, 1.54) is 6.42 Å². The van der Waals surface area contributed by atoms with E-state index in [-0.39, 0.29) is 18.9 Å². The Balaban J connectivity index is 1.32. The highest BCUT2D eigenvalue weighted by Gasteiger charge is 2.53. The van der Waals surface area contributed by atoms with Crippen LogP contribution in [0.5, 0.6) is 0 Å². The van der Waals surface area contributed by atoms with Crippen LogP contribution in [-0.2, 0) is 33.2 Å². The monoisotopic (exact) mass is 1260 g/mol. The molecule has 89 heavy (non-hydrogen) atoms. The summed E-state index contributed by atoms with van der Waals surface area (Å²) in [6, 6.07) is -0.901. The molecule has 0 aliphatic carbocycles. The van der Waals surface area contributed by atoms with Gasteiger partial charge in [-0.1, -0.05) is 206 Å². The number of hydrogen-bond donors (Lipinski definition) is 12. The van der Waals surface area contributed by atoms with Crippen molar-refractivity contribution in [3.05, 3.63) is 122 Å². The van der Waals surface area contributed by atoms with Crippen LogP contribution in [-0.4, -0.2) is 193 Å². The molecule has 0 spiro atoms. The molecule has 3 saturated heterocycles. The van der Waals surface area contributed by atoms with E-state index in [1.807, 2.05) is 0 Å². The van der Waals surface area contributed by atoms with Crippen LogP contribution in [0, 0.1) is 0 Å². The van der Waals surface area contributed by atoms with Gasteiger partial charge < -0.3 is 89.9 Å². The molecular weight excluding hydrogens is 1140 g/mol. The van der Waals surface area contributed by atoms with E-state index in [1.54, 1.807) is 0 Å². The van der Waals surface area contributed by atoms with Crippen molar-refractivity contribution in [1.29, 1.82) is 0 Å². The second kappa shape index (κ2) is 50.7. The average molecular weight is 1260 g/mol. The summed E-state index contributed by atoms with van der Waals surface area (Å²) in [7, 11) is 0. The van der Waals surface area contributed by atoms with Crippen molar-refractivity contribution in [1.82, 2.24) is 5.32 Å². The van der Waals surface area contributed by atoms with Gasteiger partial charge in [-0.2, -0.15) is 0 Å². The average Bonchev–Trinajstić information content (AvgIpc) is 2.14. The minimum absolute atomic E-state index is 0.240. The summed E-state index contributed by atoms with van der Waals surface area (Å²) < 4.78 is 34.2. The molecule has 1 amide bonds. The largest absolute Gasteiger partial charge is 0.394 e. The van der Waals surface area contributed by atoms with Gasteiger partial charge in [-0.05, 0) is 89.9 Å². The lowest BCUT2D eigenvalue weighted by molar-refractivity contribution is -0.379. The third kappa shape index (κ3) is 33.0. The number of carbonyl (C=O) groups excluding carboxylic acids is 1. The van der Waals surface area contributed by atoms with E-state index in [9.17, 15) is 61.0 Å². The van der Waals surface area contributed by atoms with Crippen LogP contribution in [0.2, 0.25) is 0 Å². The molecule has 508 valence electrons. The molecule has 17 unspecified atom stereocenters. The van der Waals surface area contributed by atoms with E-state index in [0.717, 1.165) is 135 Å². The number of aliphatic hydroxyl groups is 11. The van der Waals surface area contributed by atoms with Gasteiger partial charge in [-0.3, -0.25) is 4.79 Å². The van der Waals surface area contributed by atoms with E-state index in [2.05, 4.69) is 141 Å². The third-order valence-corrected chi connectivity index (χ3v) is 15.8. The Hall–Kier alpha value is -3.81. The van der Waals surface area contributed by atoms with Crippen molar-refractivity contribution in [3.63, 3.8) is 0 Å². The number of unbranched alkanes of at least 4 members (excludes halogenated alkanes) is 12. The lowest BCUT2D eigenvalue weighted by atomic mass is 9.96. The fourth-order valence-electron chi connectivity index (χ4n) is 10.4. The number of carbonyl (C=O) groups is 1. The second-order valence-electron chi connectivity index (χ2n) is 23.2.